The summed E-state index contributed by atoms with van der Waals surface area (Å²) in [6, 6.07) is 5.16. The van der Waals surface area contributed by atoms with Gasteiger partial charge in [-0.3, -0.25) is 15.1 Å². The van der Waals surface area contributed by atoms with Crippen molar-refractivity contribution < 1.29 is 18.1 Å². The first-order valence-electron chi connectivity index (χ1n) is 8.76. The SMILES string of the molecule is CN=C(NCCNS(=O)(=O)c1cccc([N+](=O)[O-])c1)NC1CC2CCC1O2. The van der Waals surface area contributed by atoms with Crippen LogP contribution in [-0.4, -0.2) is 57.7 Å². The molecule has 2 aliphatic rings. The Bertz CT molecular complexity index is 828. The van der Waals surface area contributed by atoms with Gasteiger partial charge in [-0.15, -0.1) is 0 Å². The Balaban J connectivity index is 1.47. The summed E-state index contributed by atoms with van der Waals surface area (Å²) < 4.78 is 32.7. The van der Waals surface area contributed by atoms with Crippen molar-refractivity contribution >= 4 is 21.7 Å². The van der Waals surface area contributed by atoms with Crippen LogP contribution in [-0.2, 0) is 14.8 Å². The van der Waals surface area contributed by atoms with Crippen molar-refractivity contribution in [1.82, 2.24) is 15.4 Å². The average Bonchev–Trinajstić information content (AvgIpc) is 3.27. The van der Waals surface area contributed by atoms with Gasteiger partial charge in [0.2, 0.25) is 10.0 Å². The fourth-order valence-corrected chi connectivity index (χ4v) is 4.44. The number of hydrogen-bond acceptors (Lipinski definition) is 6. The molecule has 0 spiro atoms. The van der Waals surface area contributed by atoms with Gasteiger partial charge in [-0.2, -0.15) is 0 Å². The van der Waals surface area contributed by atoms with Gasteiger partial charge in [-0.25, -0.2) is 13.1 Å². The minimum absolute atomic E-state index is 0.110. The number of benzene rings is 1. The molecule has 0 aliphatic carbocycles. The van der Waals surface area contributed by atoms with Gasteiger partial charge in [-0.05, 0) is 25.3 Å². The molecule has 1 aromatic rings. The van der Waals surface area contributed by atoms with Crippen LogP contribution < -0.4 is 15.4 Å². The molecular weight excluding hydrogens is 374 g/mol. The van der Waals surface area contributed by atoms with Gasteiger partial charge in [0.05, 0.1) is 28.1 Å². The van der Waals surface area contributed by atoms with E-state index >= 15 is 0 Å². The molecule has 2 bridgehead atoms. The topological polar surface area (TPSA) is 135 Å². The van der Waals surface area contributed by atoms with E-state index < -0.39 is 14.9 Å². The number of ether oxygens (including phenoxy) is 1. The number of guanidine groups is 1. The third-order valence-electron chi connectivity index (χ3n) is 4.70. The molecule has 10 nitrogen and oxygen atoms in total. The summed E-state index contributed by atoms with van der Waals surface area (Å²) >= 11 is 0. The van der Waals surface area contributed by atoms with Gasteiger partial charge >= 0.3 is 0 Å². The lowest BCUT2D eigenvalue weighted by Gasteiger charge is -2.22. The summed E-state index contributed by atoms with van der Waals surface area (Å²) in [5.41, 5.74) is -0.270. The van der Waals surface area contributed by atoms with Crippen LogP contribution in [0.25, 0.3) is 0 Å². The minimum Gasteiger partial charge on any atom is -0.373 e. The third kappa shape index (κ3) is 4.73. The Morgan fingerprint density at radius 1 is 1.37 bits per heavy atom. The van der Waals surface area contributed by atoms with E-state index in [1.807, 2.05) is 0 Å². The number of nitrogens with one attached hydrogen (secondary N) is 3. The minimum atomic E-state index is -3.82. The molecule has 3 unspecified atom stereocenters. The van der Waals surface area contributed by atoms with Crippen molar-refractivity contribution in [3.05, 3.63) is 34.4 Å². The highest BCUT2D eigenvalue weighted by Gasteiger charge is 2.41. The predicted octanol–water partition coefficient (Wildman–Crippen LogP) is 0.358. The molecule has 0 radical (unpaired) electrons. The van der Waals surface area contributed by atoms with Crippen molar-refractivity contribution in [2.24, 2.45) is 4.99 Å². The molecule has 0 amide bonds. The van der Waals surface area contributed by atoms with Gasteiger partial charge in [0.25, 0.3) is 5.69 Å². The van der Waals surface area contributed by atoms with Crippen LogP contribution in [0.4, 0.5) is 5.69 Å². The van der Waals surface area contributed by atoms with Crippen LogP contribution in [0, 0.1) is 10.1 Å². The lowest BCUT2D eigenvalue weighted by atomic mass is 9.96. The number of fused-ring (bicyclic) bond motifs is 2. The molecule has 0 aromatic heterocycles. The summed E-state index contributed by atoms with van der Waals surface area (Å²) in [6.45, 7) is 0.425. The number of rotatable bonds is 7. The Labute approximate surface area is 157 Å². The Morgan fingerprint density at radius 3 is 2.81 bits per heavy atom. The second-order valence-electron chi connectivity index (χ2n) is 6.51. The molecule has 2 heterocycles. The molecule has 1 aromatic carbocycles. The molecule has 27 heavy (non-hydrogen) atoms. The summed E-state index contributed by atoms with van der Waals surface area (Å²) in [4.78, 5) is 14.2. The van der Waals surface area contributed by atoms with Crippen molar-refractivity contribution in [3.63, 3.8) is 0 Å². The van der Waals surface area contributed by atoms with E-state index in [2.05, 4.69) is 20.3 Å². The highest BCUT2D eigenvalue weighted by molar-refractivity contribution is 7.89. The third-order valence-corrected chi connectivity index (χ3v) is 6.16. The number of nitro groups is 1. The summed E-state index contributed by atoms with van der Waals surface area (Å²) in [5, 5.41) is 17.2. The molecule has 3 rings (SSSR count). The molecule has 2 aliphatic heterocycles. The first kappa shape index (κ1) is 19.5. The molecule has 0 saturated carbocycles. The van der Waals surface area contributed by atoms with Crippen LogP contribution in [0.1, 0.15) is 19.3 Å². The number of aliphatic imine (C=N–C) groups is 1. The van der Waals surface area contributed by atoms with Crippen LogP contribution in [0.15, 0.2) is 34.2 Å². The zero-order valence-corrected chi connectivity index (χ0v) is 15.7. The Morgan fingerprint density at radius 2 is 2.19 bits per heavy atom. The first-order chi connectivity index (χ1) is 12.9. The summed E-state index contributed by atoms with van der Waals surface area (Å²) in [7, 11) is -2.18. The second-order valence-corrected chi connectivity index (χ2v) is 8.28. The normalized spacial score (nSPS) is 24.8. The van der Waals surface area contributed by atoms with E-state index in [9.17, 15) is 18.5 Å². The smallest absolute Gasteiger partial charge is 0.270 e. The Kier molecular flexibility index (Phi) is 5.92. The first-order valence-corrected chi connectivity index (χ1v) is 10.2. The standard InChI is InChI=1S/C16H23N5O5S/c1-17-16(20-14-10-12-5-6-15(14)26-12)18-7-8-19-27(24,25)13-4-2-3-11(9-13)21(22)23/h2-4,9,12,14-15,19H,5-8,10H2,1H3,(H2,17,18,20). The maximum absolute atomic E-state index is 12.3. The fourth-order valence-electron chi connectivity index (χ4n) is 3.37. The van der Waals surface area contributed by atoms with Gasteiger partial charge < -0.3 is 15.4 Å². The van der Waals surface area contributed by atoms with E-state index in [0.717, 1.165) is 25.3 Å². The predicted molar refractivity (Wildman–Crippen MR) is 99.1 cm³/mol. The van der Waals surface area contributed by atoms with Gasteiger partial charge in [0.15, 0.2) is 5.96 Å². The van der Waals surface area contributed by atoms with Crippen molar-refractivity contribution in [2.75, 3.05) is 20.1 Å². The lowest BCUT2D eigenvalue weighted by molar-refractivity contribution is -0.385. The summed E-state index contributed by atoms with van der Waals surface area (Å²) in [5.74, 6) is 0.589. The number of nitro benzene ring substituents is 1. The molecule has 11 heteroatoms. The maximum Gasteiger partial charge on any atom is 0.270 e. The van der Waals surface area contributed by atoms with Crippen LogP contribution in [0.2, 0.25) is 0 Å². The molecular formula is C16H23N5O5S. The number of hydrogen-bond donors (Lipinski definition) is 3. The molecule has 2 fully saturated rings. The van der Waals surface area contributed by atoms with Gasteiger partial charge in [0, 0.05) is 32.3 Å². The van der Waals surface area contributed by atoms with Gasteiger partial charge in [0.1, 0.15) is 0 Å². The van der Waals surface area contributed by atoms with Gasteiger partial charge in [-0.1, -0.05) is 6.07 Å². The molecule has 148 valence electrons. The number of non-ortho nitro benzene ring substituents is 1. The van der Waals surface area contributed by atoms with E-state index in [1.165, 1.54) is 18.2 Å². The largest absolute Gasteiger partial charge is 0.373 e. The Hall–Kier alpha value is -2.24. The lowest BCUT2D eigenvalue weighted by Crippen LogP contribution is -2.48. The zero-order chi connectivity index (χ0) is 19.4. The van der Waals surface area contributed by atoms with Crippen molar-refractivity contribution in [1.29, 1.82) is 0 Å². The van der Waals surface area contributed by atoms with E-state index in [0.29, 0.717) is 18.6 Å². The highest BCUT2D eigenvalue weighted by Crippen LogP contribution is 2.34. The highest BCUT2D eigenvalue weighted by atomic mass is 32.2. The molecule has 3 N–H and O–H groups in total. The molecule has 2 saturated heterocycles. The number of nitrogens with zero attached hydrogens (tertiary/aromatic N) is 2. The van der Waals surface area contributed by atoms with Crippen LogP contribution in [0.5, 0.6) is 0 Å². The summed E-state index contributed by atoms with van der Waals surface area (Å²) in [6.07, 6.45) is 3.63. The second kappa shape index (κ2) is 8.19. The van der Waals surface area contributed by atoms with E-state index in [1.54, 1.807) is 7.05 Å². The fraction of sp³-hybridized carbons (Fsp3) is 0.562. The number of sulfonamides is 1. The zero-order valence-electron chi connectivity index (χ0n) is 14.9. The van der Waals surface area contributed by atoms with Crippen molar-refractivity contribution in [3.8, 4) is 0 Å². The monoisotopic (exact) mass is 397 g/mol. The maximum atomic E-state index is 12.3. The van der Waals surface area contributed by atoms with E-state index in [-0.39, 0.29) is 29.3 Å². The van der Waals surface area contributed by atoms with E-state index in [4.69, 9.17) is 4.74 Å². The average molecular weight is 397 g/mol. The molecule has 3 atom stereocenters. The van der Waals surface area contributed by atoms with Crippen LogP contribution >= 0.6 is 0 Å². The van der Waals surface area contributed by atoms with Crippen molar-refractivity contribution in [2.45, 2.75) is 42.4 Å². The quantitative estimate of drug-likeness (QED) is 0.199. The van der Waals surface area contributed by atoms with Crippen LogP contribution in [0.3, 0.4) is 0 Å².